The van der Waals surface area contributed by atoms with E-state index in [-0.39, 0.29) is 37.3 Å². The minimum atomic E-state index is -1.47. The van der Waals surface area contributed by atoms with Crippen LogP contribution in [0.1, 0.15) is 107 Å². The number of likely N-dealkylation sites (N-methyl/N-ethyl adjacent to an activating group) is 1. The SMILES string of the molecule is CC[C@@H]1OC(=O)[C@H](C)[C@@H](O[C@H]2C[C@@](C)(OC)[C@@H](O)[C@H](C)O2)[C@H](C)[C@H](O[C@@H]2O[C@H](C)C[C@H](N(C)C)[C@H]2O)[C@@](C)(OC)C[C@@H](C)C(=O)NC(C)[C@H]2N(NCCCc3ccnc4cc(OC)ccc34)C(=O)O[C@]12C. The molecule has 4 aliphatic rings. The Morgan fingerprint density at radius 1 is 0.944 bits per heavy atom. The maximum atomic E-state index is 15.0. The fourth-order valence-corrected chi connectivity index (χ4v) is 11.5. The van der Waals surface area contributed by atoms with Gasteiger partial charge in [0, 0.05) is 62.7 Å². The summed E-state index contributed by atoms with van der Waals surface area (Å²) in [6.45, 7) is 18.4. The summed E-state index contributed by atoms with van der Waals surface area (Å²) in [7, 11) is 8.45. The summed E-state index contributed by atoms with van der Waals surface area (Å²) < 4.78 is 57.0. The van der Waals surface area contributed by atoms with Gasteiger partial charge in [0.05, 0.1) is 60.2 Å². The third-order valence-corrected chi connectivity index (χ3v) is 15.9. The second-order valence-corrected chi connectivity index (χ2v) is 21.3. The topological polar surface area (TPSA) is 218 Å². The molecule has 0 saturated carbocycles. The summed E-state index contributed by atoms with van der Waals surface area (Å²) in [4.78, 5) is 50.2. The highest BCUT2D eigenvalue weighted by Gasteiger charge is 2.60. The van der Waals surface area contributed by atoms with E-state index in [0.717, 1.165) is 16.5 Å². The van der Waals surface area contributed by atoms with Gasteiger partial charge >= 0.3 is 12.1 Å². The Morgan fingerprint density at radius 3 is 2.30 bits per heavy atom. The quantitative estimate of drug-likeness (QED) is 0.146. The van der Waals surface area contributed by atoms with Crippen LogP contribution in [0.2, 0.25) is 0 Å². The minimum Gasteiger partial charge on any atom is -0.497 e. The van der Waals surface area contributed by atoms with E-state index in [1.807, 2.05) is 77.9 Å². The molecule has 4 N–H and O–H groups in total. The first-order chi connectivity index (χ1) is 33.4. The summed E-state index contributed by atoms with van der Waals surface area (Å²) in [6.07, 6.45) is -4.79. The number of nitrogens with zero attached hydrogens (tertiary/aromatic N) is 3. The number of fused-ring (bicyclic) bond motifs is 2. The van der Waals surface area contributed by atoms with E-state index in [9.17, 15) is 19.8 Å². The highest BCUT2D eigenvalue weighted by atomic mass is 16.7. The van der Waals surface area contributed by atoms with Crippen LogP contribution in [0, 0.1) is 17.8 Å². The maximum absolute atomic E-state index is 15.0. The first-order valence-corrected chi connectivity index (χ1v) is 25.4. The maximum Gasteiger partial charge on any atom is 0.425 e. The minimum absolute atomic E-state index is 0.108. The Labute approximate surface area is 420 Å². The molecule has 0 radical (unpaired) electrons. The van der Waals surface area contributed by atoms with Gasteiger partial charge in [-0.2, -0.15) is 0 Å². The number of amides is 2. The summed E-state index contributed by atoms with van der Waals surface area (Å²) in [6, 6.07) is 5.87. The average Bonchev–Trinajstić information content (AvgIpc) is 3.60. The highest BCUT2D eigenvalue weighted by Crippen LogP contribution is 2.42. The first-order valence-electron chi connectivity index (χ1n) is 25.4. The van der Waals surface area contributed by atoms with Crippen molar-refractivity contribution in [2.45, 2.75) is 198 Å². The molecule has 1 aromatic carbocycles. The summed E-state index contributed by atoms with van der Waals surface area (Å²) >= 11 is 0. The molecule has 2 aromatic rings. The van der Waals surface area contributed by atoms with Gasteiger partial charge in [0.2, 0.25) is 5.91 Å². The number of aryl methyl sites for hydroxylation is 1. The number of cyclic esters (lactones) is 1. The van der Waals surface area contributed by atoms with Crippen molar-refractivity contribution in [2.75, 3.05) is 42.0 Å². The number of esters is 1. The van der Waals surface area contributed by atoms with Gasteiger partial charge in [0.15, 0.2) is 18.2 Å². The molecule has 400 valence electrons. The number of aromatic nitrogens is 1. The predicted molar refractivity (Wildman–Crippen MR) is 263 cm³/mol. The second kappa shape index (κ2) is 23.2. The van der Waals surface area contributed by atoms with Crippen molar-refractivity contribution in [3.05, 3.63) is 36.0 Å². The molecule has 2 amide bonds. The predicted octanol–water partition coefficient (Wildman–Crippen LogP) is 4.90. The Kier molecular flexibility index (Phi) is 18.5. The molecule has 4 saturated heterocycles. The molecule has 6 rings (SSSR count). The standard InChI is InChI=1S/C52H83N5O14/c1-16-39-52(10)43(57(49(62)71-52)54-22-17-18-34-21-23-53-37-25-35(63-13)19-20-36(34)37)32(6)55-46(60)28(2)26-51(9,65-15)45(70-48-41(58)38(56(11)12)24-29(3)66-48)30(4)42(31(5)47(61)68-39)69-40-27-50(8,64-14)44(59)33(7)67-40/h19-21,23,25,28-33,38-45,48,54,58-59H,16-18,22,24,26-27H2,1-15H3,(H,55,60)/t28-,29-,30+,31-,32?,33+,38+,39+,40+,41-,42+,43-,44+,45+,48+,50-,51+,52-/m1/s1. The second-order valence-electron chi connectivity index (χ2n) is 21.3. The van der Waals surface area contributed by atoms with Crippen molar-refractivity contribution >= 4 is 28.9 Å². The van der Waals surface area contributed by atoms with Crippen LogP contribution in [0.15, 0.2) is 30.5 Å². The van der Waals surface area contributed by atoms with E-state index in [4.69, 9.17) is 42.6 Å². The van der Waals surface area contributed by atoms with Gasteiger partial charge in [0.25, 0.3) is 0 Å². The van der Waals surface area contributed by atoms with Crippen LogP contribution in [0.4, 0.5) is 4.79 Å². The normalized spacial score (nSPS) is 39.8. The molecule has 4 aliphatic heterocycles. The molecule has 0 spiro atoms. The highest BCUT2D eigenvalue weighted by molar-refractivity contribution is 5.83. The third kappa shape index (κ3) is 12.0. The number of ether oxygens (including phenoxy) is 9. The zero-order valence-corrected chi connectivity index (χ0v) is 44.6. The first kappa shape index (κ1) is 56.5. The van der Waals surface area contributed by atoms with Gasteiger partial charge in [-0.25, -0.2) is 15.2 Å². The lowest BCUT2D eigenvalue weighted by atomic mass is 9.77. The Hall–Kier alpha value is -3.76. The van der Waals surface area contributed by atoms with Gasteiger partial charge in [-0.3, -0.25) is 14.6 Å². The van der Waals surface area contributed by atoms with E-state index in [1.165, 1.54) is 19.2 Å². The molecule has 0 bridgehead atoms. The van der Waals surface area contributed by atoms with Crippen LogP contribution >= 0.6 is 0 Å². The van der Waals surface area contributed by atoms with Crippen molar-refractivity contribution in [2.24, 2.45) is 17.8 Å². The van der Waals surface area contributed by atoms with E-state index >= 15 is 4.79 Å². The molecule has 5 heterocycles. The number of nitrogens with one attached hydrogen (secondary N) is 2. The number of hydrogen-bond acceptors (Lipinski definition) is 17. The lowest BCUT2D eigenvalue weighted by molar-refractivity contribution is -0.319. The van der Waals surface area contributed by atoms with Crippen molar-refractivity contribution in [1.29, 1.82) is 0 Å². The van der Waals surface area contributed by atoms with Crippen LogP contribution in [-0.4, -0.2) is 175 Å². The zero-order valence-electron chi connectivity index (χ0n) is 44.6. The number of aliphatic hydroxyl groups excluding tert-OH is 2. The summed E-state index contributed by atoms with van der Waals surface area (Å²) in [5.41, 5.74) is 1.40. The van der Waals surface area contributed by atoms with Gasteiger partial charge in [-0.15, -0.1) is 0 Å². The molecule has 1 unspecified atom stereocenters. The molecular weight excluding hydrogens is 919 g/mol. The van der Waals surface area contributed by atoms with Gasteiger partial charge < -0.3 is 63.1 Å². The number of hydrazine groups is 1. The lowest BCUT2D eigenvalue weighted by Crippen LogP contribution is -2.63. The fourth-order valence-electron chi connectivity index (χ4n) is 11.5. The lowest BCUT2D eigenvalue weighted by Gasteiger charge is -2.49. The van der Waals surface area contributed by atoms with Crippen LogP contribution in [0.5, 0.6) is 5.75 Å². The fraction of sp³-hybridized carbons (Fsp3) is 0.769. The number of aliphatic hydroxyl groups is 2. The van der Waals surface area contributed by atoms with Crippen molar-refractivity contribution in [3.8, 4) is 5.75 Å². The molecule has 1 aromatic heterocycles. The number of pyridine rings is 1. The number of benzene rings is 1. The van der Waals surface area contributed by atoms with Crippen LogP contribution in [0.25, 0.3) is 10.9 Å². The zero-order chi connectivity index (χ0) is 52.3. The number of carbonyl (C=O) groups excluding carboxylic acids is 3. The molecule has 18 atom stereocenters. The van der Waals surface area contributed by atoms with E-state index in [2.05, 4.69) is 15.7 Å². The van der Waals surface area contributed by atoms with E-state index in [0.29, 0.717) is 31.6 Å². The largest absolute Gasteiger partial charge is 0.497 e. The van der Waals surface area contributed by atoms with Gasteiger partial charge in [-0.1, -0.05) is 20.8 Å². The number of carbonyl (C=O) groups is 3. The van der Waals surface area contributed by atoms with Crippen molar-refractivity contribution in [1.82, 2.24) is 25.6 Å². The van der Waals surface area contributed by atoms with E-state index < -0.39 is 108 Å². The Bertz CT molecular complexity index is 2140. The summed E-state index contributed by atoms with van der Waals surface area (Å²) in [5, 5.41) is 28.6. The molecule has 4 fully saturated rings. The van der Waals surface area contributed by atoms with E-state index in [1.54, 1.807) is 47.9 Å². The number of rotatable bonds is 14. The van der Waals surface area contributed by atoms with Crippen molar-refractivity contribution in [3.63, 3.8) is 0 Å². The monoisotopic (exact) mass is 1000 g/mol. The Morgan fingerprint density at radius 2 is 1.65 bits per heavy atom. The number of methoxy groups -OCH3 is 3. The molecule has 71 heavy (non-hydrogen) atoms. The molecule has 19 heteroatoms. The molecule has 0 aliphatic carbocycles. The van der Waals surface area contributed by atoms with Crippen LogP contribution in [0.3, 0.4) is 0 Å². The van der Waals surface area contributed by atoms with Crippen molar-refractivity contribution < 1.29 is 67.2 Å². The van der Waals surface area contributed by atoms with Crippen LogP contribution < -0.4 is 15.5 Å². The molecular formula is C52H83N5O14. The average molecular weight is 1000 g/mol. The third-order valence-electron chi connectivity index (χ3n) is 15.9. The van der Waals surface area contributed by atoms with Crippen LogP contribution in [-0.2, 0) is 53.9 Å². The summed E-state index contributed by atoms with van der Waals surface area (Å²) in [5.74, 6) is -2.76. The smallest absolute Gasteiger partial charge is 0.425 e. The van der Waals surface area contributed by atoms with Gasteiger partial charge in [-0.05, 0) is 118 Å². The Balaban J connectivity index is 1.37. The van der Waals surface area contributed by atoms with Gasteiger partial charge in [0.1, 0.15) is 30.1 Å². The molecule has 19 nitrogen and oxygen atoms in total. The number of hydrogen-bond donors (Lipinski definition) is 4.